The molecule has 3 aromatic rings. The number of hydrogen-bond donors (Lipinski definition) is 2. The molecule has 0 saturated heterocycles. The summed E-state index contributed by atoms with van der Waals surface area (Å²) in [4.78, 5) is 20.7. The van der Waals surface area contributed by atoms with Crippen molar-refractivity contribution in [3.63, 3.8) is 0 Å². The van der Waals surface area contributed by atoms with Gasteiger partial charge in [0.15, 0.2) is 0 Å². The summed E-state index contributed by atoms with van der Waals surface area (Å²) >= 11 is 0. The van der Waals surface area contributed by atoms with E-state index < -0.39 is 0 Å². The van der Waals surface area contributed by atoms with E-state index in [1.807, 2.05) is 36.4 Å². The maximum absolute atomic E-state index is 12.2. The zero-order chi connectivity index (χ0) is 14.7. The number of para-hydroxylation sites is 1. The average Bonchev–Trinajstić information content (AvgIpc) is 2.55. The molecule has 2 N–H and O–H groups in total. The van der Waals surface area contributed by atoms with Gasteiger partial charge in [0.25, 0.3) is 5.91 Å². The first kappa shape index (κ1) is 13.1. The summed E-state index contributed by atoms with van der Waals surface area (Å²) < 4.78 is 0. The van der Waals surface area contributed by atoms with Gasteiger partial charge in [0.1, 0.15) is 5.69 Å². The lowest BCUT2D eigenvalue weighted by Gasteiger charge is -2.08. The van der Waals surface area contributed by atoms with E-state index in [4.69, 9.17) is 0 Å². The number of nitrogens with one attached hydrogen (secondary N) is 2. The van der Waals surface area contributed by atoms with Crippen LogP contribution in [0.3, 0.4) is 0 Å². The van der Waals surface area contributed by atoms with Crippen LogP contribution in [0.5, 0.6) is 0 Å². The van der Waals surface area contributed by atoms with Crippen LogP contribution in [-0.4, -0.2) is 22.9 Å². The second-order valence-corrected chi connectivity index (χ2v) is 4.52. The molecule has 0 bridgehead atoms. The molecule has 1 amide bonds. The molecule has 0 atom stereocenters. The molecule has 5 nitrogen and oxygen atoms in total. The predicted octanol–water partition coefficient (Wildman–Crippen LogP) is 2.92. The van der Waals surface area contributed by atoms with Crippen LogP contribution in [0, 0.1) is 0 Å². The van der Waals surface area contributed by atoms with Crippen molar-refractivity contribution in [1.82, 2.24) is 9.97 Å². The molecule has 0 aliphatic rings. The van der Waals surface area contributed by atoms with Crippen molar-refractivity contribution >= 4 is 28.2 Å². The molecule has 5 heteroatoms. The van der Waals surface area contributed by atoms with Gasteiger partial charge in [-0.1, -0.05) is 18.2 Å². The van der Waals surface area contributed by atoms with Gasteiger partial charge in [0.05, 0.1) is 23.1 Å². The van der Waals surface area contributed by atoms with E-state index in [0.717, 1.165) is 16.6 Å². The number of carbonyl (C=O) groups is 1. The number of rotatable bonds is 3. The van der Waals surface area contributed by atoms with E-state index in [-0.39, 0.29) is 5.91 Å². The monoisotopic (exact) mass is 278 g/mol. The molecular formula is C16H14N4O. The Morgan fingerprint density at radius 3 is 2.67 bits per heavy atom. The minimum atomic E-state index is -0.254. The van der Waals surface area contributed by atoms with Gasteiger partial charge >= 0.3 is 0 Å². The van der Waals surface area contributed by atoms with E-state index in [2.05, 4.69) is 20.6 Å². The van der Waals surface area contributed by atoms with Gasteiger partial charge in [-0.2, -0.15) is 0 Å². The Morgan fingerprint density at radius 1 is 1.05 bits per heavy atom. The van der Waals surface area contributed by atoms with Crippen molar-refractivity contribution in [1.29, 1.82) is 0 Å². The second-order valence-electron chi connectivity index (χ2n) is 4.52. The van der Waals surface area contributed by atoms with Gasteiger partial charge in [-0.15, -0.1) is 0 Å². The lowest BCUT2D eigenvalue weighted by molar-refractivity contribution is 0.102. The summed E-state index contributed by atoms with van der Waals surface area (Å²) in [5.74, 6) is -0.254. The molecule has 0 aliphatic carbocycles. The third kappa shape index (κ3) is 2.67. The fourth-order valence-electron chi connectivity index (χ4n) is 2.07. The first-order valence-electron chi connectivity index (χ1n) is 6.57. The molecule has 1 aromatic carbocycles. The molecule has 2 heterocycles. The largest absolute Gasteiger partial charge is 0.387 e. The highest BCUT2D eigenvalue weighted by molar-refractivity contribution is 6.07. The van der Waals surface area contributed by atoms with Crippen LogP contribution in [0.2, 0.25) is 0 Å². The van der Waals surface area contributed by atoms with Crippen LogP contribution in [0.15, 0.2) is 54.9 Å². The van der Waals surface area contributed by atoms with Crippen molar-refractivity contribution in [2.24, 2.45) is 0 Å². The zero-order valence-electron chi connectivity index (χ0n) is 11.5. The summed E-state index contributed by atoms with van der Waals surface area (Å²) in [5.41, 5.74) is 2.66. The first-order chi connectivity index (χ1) is 10.3. The SMILES string of the molecule is CNc1ccc(C(=O)Nc2cccc3cccnc23)nc1. The highest BCUT2D eigenvalue weighted by Gasteiger charge is 2.10. The number of hydrogen-bond acceptors (Lipinski definition) is 4. The maximum Gasteiger partial charge on any atom is 0.274 e. The maximum atomic E-state index is 12.2. The van der Waals surface area contributed by atoms with Gasteiger partial charge in [-0.25, -0.2) is 4.98 Å². The molecule has 0 fully saturated rings. The highest BCUT2D eigenvalue weighted by Crippen LogP contribution is 2.21. The number of fused-ring (bicyclic) bond motifs is 1. The summed E-state index contributed by atoms with van der Waals surface area (Å²) in [7, 11) is 1.80. The van der Waals surface area contributed by atoms with Gasteiger partial charge < -0.3 is 10.6 Å². The molecule has 0 radical (unpaired) electrons. The molecular weight excluding hydrogens is 264 g/mol. The van der Waals surface area contributed by atoms with Crippen LogP contribution in [0.25, 0.3) is 10.9 Å². The molecule has 0 unspecified atom stereocenters. The standard InChI is InChI=1S/C16H14N4O/c1-17-12-7-8-14(19-10-12)16(21)20-13-6-2-4-11-5-3-9-18-15(11)13/h2-10,17H,1H3,(H,20,21). The molecule has 0 saturated carbocycles. The molecule has 0 spiro atoms. The highest BCUT2D eigenvalue weighted by atomic mass is 16.1. The average molecular weight is 278 g/mol. The van der Waals surface area contributed by atoms with E-state index in [1.54, 1.807) is 25.5 Å². The van der Waals surface area contributed by atoms with Crippen molar-refractivity contribution in [2.75, 3.05) is 17.7 Å². The van der Waals surface area contributed by atoms with E-state index in [0.29, 0.717) is 11.4 Å². The Bertz CT molecular complexity index is 778. The van der Waals surface area contributed by atoms with Crippen LogP contribution in [0.1, 0.15) is 10.5 Å². The Labute approximate surface area is 122 Å². The molecule has 3 rings (SSSR count). The quantitative estimate of drug-likeness (QED) is 0.773. The lowest BCUT2D eigenvalue weighted by atomic mass is 10.2. The molecule has 2 aromatic heterocycles. The van der Waals surface area contributed by atoms with Crippen molar-refractivity contribution < 1.29 is 4.79 Å². The summed E-state index contributed by atoms with van der Waals surface area (Å²) in [5, 5.41) is 6.80. The fourth-order valence-corrected chi connectivity index (χ4v) is 2.07. The number of pyridine rings is 2. The normalized spacial score (nSPS) is 10.3. The number of amides is 1. The zero-order valence-corrected chi connectivity index (χ0v) is 11.5. The number of nitrogens with zero attached hydrogens (tertiary/aromatic N) is 2. The van der Waals surface area contributed by atoms with Crippen LogP contribution in [0.4, 0.5) is 11.4 Å². The predicted molar refractivity (Wildman–Crippen MR) is 83.5 cm³/mol. The van der Waals surface area contributed by atoms with Crippen LogP contribution < -0.4 is 10.6 Å². The van der Waals surface area contributed by atoms with Crippen LogP contribution in [-0.2, 0) is 0 Å². The summed E-state index contributed by atoms with van der Waals surface area (Å²) in [6, 6.07) is 13.0. The summed E-state index contributed by atoms with van der Waals surface area (Å²) in [6.07, 6.45) is 3.33. The third-order valence-corrected chi connectivity index (χ3v) is 3.17. The van der Waals surface area contributed by atoms with Crippen molar-refractivity contribution in [3.05, 3.63) is 60.6 Å². The minimum absolute atomic E-state index is 0.254. The van der Waals surface area contributed by atoms with Gasteiger partial charge in [-0.3, -0.25) is 9.78 Å². The molecule has 0 aliphatic heterocycles. The molecule has 21 heavy (non-hydrogen) atoms. The first-order valence-corrected chi connectivity index (χ1v) is 6.57. The number of carbonyl (C=O) groups excluding carboxylic acids is 1. The number of anilines is 2. The van der Waals surface area contributed by atoms with E-state index in [9.17, 15) is 4.79 Å². The van der Waals surface area contributed by atoms with Crippen molar-refractivity contribution in [3.8, 4) is 0 Å². The van der Waals surface area contributed by atoms with Crippen molar-refractivity contribution in [2.45, 2.75) is 0 Å². The smallest absolute Gasteiger partial charge is 0.274 e. The third-order valence-electron chi connectivity index (χ3n) is 3.17. The van der Waals surface area contributed by atoms with E-state index >= 15 is 0 Å². The minimum Gasteiger partial charge on any atom is -0.387 e. The fraction of sp³-hybridized carbons (Fsp3) is 0.0625. The number of aromatic nitrogens is 2. The topological polar surface area (TPSA) is 66.9 Å². The Balaban J connectivity index is 1.89. The lowest BCUT2D eigenvalue weighted by Crippen LogP contribution is -2.14. The molecule has 104 valence electrons. The Kier molecular flexibility index (Phi) is 3.47. The van der Waals surface area contributed by atoms with Gasteiger partial charge in [0, 0.05) is 18.6 Å². The Hall–Kier alpha value is -2.95. The van der Waals surface area contributed by atoms with E-state index in [1.165, 1.54) is 0 Å². The van der Waals surface area contributed by atoms with Gasteiger partial charge in [-0.05, 0) is 24.3 Å². The van der Waals surface area contributed by atoms with Gasteiger partial charge in [0.2, 0.25) is 0 Å². The van der Waals surface area contributed by atoms with Crippen LogP contribution >= 0.6 is 0 Å². The Morgan fingerprint density at radius 2 is 1.90 bits per heavy atom. The second kappa shape index (κ2) is 5.58. The summed E-state index contributed by atoms with van der Waals surface area (Å²) in [6.45, 7) is 0. The number of benzene rings is 1.